The largest absolute Gasteiger partial charge is 0.456 e. The molecule has 0 aliphatic heterocycles. The molecule has 0 atom stereocenters. The van der Waals surface area contributed by atoms with Gasteiger partial charge in [-0.05, 0) is 103 Å². The standard InChI is InChI=1S/C54H36N2O/c55-54(38-15-2-1-3-16-38)56-50(42-21-12-22-43(33-42)52-35-44-18-6-9-26-51(44)57-52)30-27-36-13-10-19-39(31-36)40-20-11-23-45(32-40)53-47-25-8-5-17-41(47)34-49-46-24-7-4-14-37(46)28-29-48(49)53/h1-35,55H/b30-27+,55-54?,56-50?. The van der Waals surface area contributed by atoms with Crippen LogP contribution in [-0.2, 0) is 0 Å². The SMILES string of the molecule is N=C(N=C(/C=C/c1cccc(-c2cccc(-c3c4ccccc4cc4c3ccc3ccccc34)c2)c1)c1cccc(-c2cc3ccccc3o2)c1)c1ccccc1. The second-order valence-electron chi connectivity index (χ2n) is 14.3. The highest BCUT2D eigenvalue weighted by atomic mass is 16.3. The minimum absolute atomic E-state index is 0.198. The fourth-order valence-corrected chi connectivity index (χ4v) is 7.92. The maximum atomic E-state index is 8.92. The number of allylic oxidation sites excluding steroid dienone is 1. The van der Waals surface area contributed by atoms with E-state index in [4.69, 9.17) is 14.8 Å². The van der Waals surface area contributed by atoms with E-state index in [0.29, 0.717) is 5.71 Å². The average molecular weight is 729 g/mol. The van der Waals surface area contributed by atoms with Crippen LogP contribution >= 0.6 is 0 Å². The van der Waals surface area contributed by atoms with Gasteiger partial charge in [0.25, 0.3) is 0 Å². The number of furan rings is 1. The second-order valence-corrected chi connectivity index (χ2v) is 14.3. The van der Waals surface area contributed by atoms with Crippen molar-refractivity contribution < 1.29 is 4.42 Å². The third-order valence-corrected chi connectivity index (χ3v) is 10.7. The molecule has 0 saturated heterocycles. The van der Waals surface area contributed by atoms with E-state index in [9.17, 15) is 0 Å². The zero-order chi connectivity index (χ0) is 38.1. The van der Waals surface area contributed by atoms with E-state index < -0.39 is 0 Å². The molecule has 268 valence electrons. The van der Waals surface area contributed by atoms with Crippen LogP contribution in [0.5, 0.6) is 0 Å². The molecule has 0 bridgehead atoms. The highest BCUT2D eigenvalue weighted by Crippen LogP contribution is 2.40. The van der Waals surface area contributed by atoms with Crippen molar-refractivity contribution in [1.82, 2.24) is 0 Å². The van der Waals surface area contributed by atoms with Crippen LogP contribution in [0.2, 0.25) is 0 Å². The molecule has 0 fully saturated rings. The number of rotatable bonds is 7. The van der Waals surface area contributed by atoms with Crippen molar-refractivity contribution in [3.05, 3.63) is 223 Å². The number of nitrogens with one attached hydrogen (secondary N) is 1. The quantitative estimate of drug-likeness (QED) is 0.0755. The fourth-order valence-electron chi connectivity index (χ4n) is 7.92. The van der Waals surface area contributed by atoms with Crippen LogP contribution in [0.4, 0.5) is 0 Å². The van der Waals surface area contributed by atoms with Gasteiger partial charge in [0.05, 0.1) is 5.71 Å². The molecule has 0 saturated carbocycles. The van der Waals surface area contributed by atoms with E-state index in [2.05, 4.69) is 140 Å². The van der Waals surface area contributed by atoms with Gasteiger partial charge in [0.1, 0.15) is 11.3 Å². The highest BCUT2D eigenvalue weighted by Gasteiger charge is 2.14. The maximum Gasteiger partial charge on any atom is 0.152 e. The molecule has 3 nitrogen and oxygen atoms in total. The average Bonchev–Trinajstić information content (AvgIpc) is 3.72. The summed E-state index contributed by atoms with van der Waals surface area (Å²) < 4.78 is 6.22. The molecular weight excluding hydrogens is 693 g/mol. The molecule has 1 aromatic heterocycles. The lowest BCUT2D eigenvalue weighted by molar-refractivity contribution is 0.631. The zero-order valence-corrected chi connectivity index (χ0v) is 31.1. The topological polar surface area (TPSA) is 49.4 Å². The number of para-hydroxylation sites is 1. The first-order valence-electron chi connectivity index (χ1n) is 19.2. The summed E-state index contributed by atoms with van der Waals surface area (Å²) in [4.78, 5) is 4.89. The molecule has 1 heterocycles. The number of aliphatic imine (C=N–C) groups is 1. The Kier molecular flexibility index (Phi) is 8.66. The van der Waals surface area contributed by atoms with Gasteiger partial charge >= 0.3 is 0 Å². The summed E-state index contributed by atoms with van der Waals surface area (Å²) in [7, 11) is 0. The predicted molar refractivity (Wildman–Crippen MR) is 240 cm³/mol. The molecule has 0 radical (unpaired) electrons. The van der Waals surface area contributed by atoms with Gasteiger partial charge in [-0.25, -0.2) is 4.99 Å². The van der Waals surface area contributed by atoms with Crippen LogP contribution in [0, 0.1) is 5.41 Å². The maximum absolute atomic E-state index is 8.92. The summed E-state index contributed by atoms with van der Waals surface area (Å²) in [6.07, 6.45) is 4.10. The first kappa shape index (κ1) is 33.9. The number of hydrogen-bond acceptors (Lipinski definition) is 2. The van der Waals surface area contributed by atoms with Crippen LogP contribution in [0.1, 0.15) is 16.7 Å². The first-order valence-corrected chi connectivity index (χ1v) is 19.2. The molecule has 0 spiro atoms. The molecule has 10 aromatic rings. The highest BCUT2D eigenvalue weighted by molar-refractivity contribution is 6.20. The Labute approximate surface area is 331 Å². The molecule has 3 heteroatoms. The summed E-state index contributed by atoms with van der Waals surface area (Å²) >= 11 is 0. The smallest absolute Gasteiger partial charge is 0.152 e. The molecule has 9 aromatic carbocycles. The minimum atomic E-state index is 0.198. The molecule has 57 heavy (non-hydrogen) atoms. The third-order valence-electron chi connectivity index (χ3n) is 10.7. The summed E-state index contributed by atoms with van der Waals surface area (Å²) in [5.74, 6) is 0.989. The van der Waals surface area contributed by atoms with Crippen molar-refractivity contribution in [2.45, 2.75) is 0 Å². The molecule has 0 unspecified atom stereocenters. The molecule has 10 rings (SSSR count). The Morgan fingerprint density at radius 2 is 1.11 bits per heavy atom. The van der Waals surface area contributed by atoms with Gasteiger partial charge in [-0.2, -0.15) is 0 Å². The van der Waals surface area contributed by atoms with E-state index in [-0.39, 0.29) is 5.84 Å². The minimum Gasteiger partial charge on any atom is -0.456 e. The van der Waals surface area contributed by atoms with Crippen LogP contribution in [0.3, 0.4) is 0 Å². The summed E-state index contributed by atoms with van der Waals surface area (Å²) in [5, 5.41) is 17.5. The number of nitrogens with zero attached hydrogens (tertiary/aromatic N) is 1. The lowest BCUT2D eigenvalue weighted by Crippen LogP contribution is -2.04. The number of fused-ring (bicyclic) bond motifs is 5. The van der Waals surface area contributed by atoms with Gasteiger partial charge in [0.2, 0.25) is 0 Å². The van der Waals surface area contributed by atoms with Gasteiger partial charge in [0.15, 0.2) is 5.84 Å². The molecule has 0 aliphatic rings. The van der Waals surface area contributed by atoms with Crippen LogP contribution in [0.25, 0.3) is 82.9 Å². The van der Waals surface area contributed by atoms with E-state index >= 15 is 0 Å². The van der Waals surface area contributed by atoms with Gasteiger partial charge in [-0.3, -0.25) is 5.41 Å². The number of hydrogen-bond donors (Lipinski definition) is 1. The molecule has 0 aliphatic carbocycles. The molecule has 0 amide bonds. The Balaban J connectivity index is 1.03. The lowest BCUT2D eigenvalue weighted by atomic mass is 9.89. The van der Waals surface area contributed by atoms with Gasteiger partial charge in [0, 0.05) is 22.1 Å². The van der Waals surface area contributed by atoms with Crippen molar-refractivity contribution in [1.29, 1.82) is 5.41 Å². The molecular formula is C54H36N2O. The van der Waals surface area contributed by atoms with Crippen molar-refractivity contribution in [2.24, 2.45) is 4.99 Å². The normalized spacial score (nSPS) is 12.0. The van der Waals surface area contributed by atoms with Crippen LogP contribution in [-0.4, -0.2) is 11.5 Å². The monoisotopic (exact) mass is 728 g/mol. The first-order chi connectivity index (χ1) is 28.1. The lowest BCUT2D eigenvalue weighted by Gasteiger charge is -2.15. The third kappa shape index (κ3) is 6.62. The Bertz CT molecular complexity index is 3170. The van der Waals surface area contributed by atoms with E-state index in [0.717, 1.165) is 50.1 Å². The summed E-state index contributed by atoms with van der Waals surface area (Å²) in [5.41, 5.74) is 9.86. The van der Waals surface area contributed by atoms with E-state index in [1.165, 1.54) is 43.4 Å². The van der Waals surface area contributed by atoms with Crippen molar-refractivity contribution in [2.75, 3.05) is 0 Å². The van der Waals surface area contributed by atoms with Crippen molar-refractivity contribution >= 4 is 60.9 Å². The van der Waals surface area contributed by atoms with Crippen molar-refractivity contribution in [3.63, 3.8) is 0 Å². The Hall–Kier alpha value is -7.62. The van der Waals surface area contributed by atoms with Crippen LogP contribution in [0.15, 0.2) is 216 Å². The Morgan fingerprint density at radius 1 is 0.439 bits per heavy atom. The zero-order valence-electron chi connectivity index (χ0n) is 31.1. The number of benzene rings is 9. The second kappa shape index (κ2) is 14.6. The molecule has 1 N–H and O–H groups in total. The number of amidine groups is 1. The Morgan fingerprint density at radius 3 is 1.96 bits per heavy atom. The predicted octanol–water partition coefficient (Wildman–Crippen LogP) is 14.4. The van der Waals surface area contributed by atoms with Crippen LogP contribution < -0.4 is 0 Å². The van der Waals surface area contributed by atoms with Gasteiger partial charge in [-0.15, -0.1) is 0 Å². The van der Waals surface area contributed by atoms with Gasteiger partial charge in [-0.1, -0.05) is 170 Å². The summed E-state index contributed by atoms with van der Waals surface area (Å²) in [6.45, 7) is 0. The fraction of sp³-hybridized carbons (Fsp3) is 0. The van der Waals surface area contributed by atoms with Gasteiger partial charge < -0.3 is 4.42 Å². The van der Waals surface area contributed by atoms with E-state index in [1.54, 1.807) is 0 Å². The van der Waals surface area contributed by atoms with E-state index in [1.807, 2.05) is 72.8 Å². The van der Waals surface area contributed by atoms with Crippen molar-refractivity contribution in [3.8, 4) is 33.6 Å². The summed E-state index contributed by atoms with van der Waals surface area (Å²) in [6, 6.07) is 69.6.